The third kappa shape index (κ3) is 6.98. The van der Waals surface area contributed by atoms with Crippen LogP contribution in [0.15, 0.2) is 79.0 Å². The first-order chi connectivity index (χ1) is 22.1. The minimum absolute atomic E-state index is 0.0306. The quantitative estimate of drug-likeness (QED) is 0.169. The van der Waals surface area contributed by atoms with Gasteiger partial charge in [0.1, 0.15) is 0 Å². The molecule has 9 heteroatoms. The highest BCUT2D eigenvalue weighted by Gasteiger charge is 2.50. The molecule has 0 spiro atoms. The Balaban J connectivity index is 1.05. The first-order valence-electron chi connectivity index (χ1n) is 16.4. The number of aromatic nitrogens is 1. The van der Waals surface area contributed by atoms with E-state index in [4.69, 9.17) is 4.74 Å². The summed E-state index contributed by atoms with van der Waals surface area (Å²) in [5.41, 5.74) is 6.12. The topological polar surface area (TPSA) is 115 Å². The third-order valence-corrected chi connectivity index (χ3v) is 12.5. The number of hydrogen-bond donors (Lipinski definition) is 4. The minimum atomic E-state index is -2.65. The Kier molecular flexibility index (Phi) is 9.47. The van der Waals surface area contributed by atoms with Gasteiger partial charge >= 0.3 is 0 Å². The molecule has 0 saturated carbocycles. The maximum atomic E-state index is 13.7. The Labute approximate surface area is 271 Å². The molecule has 3 aromatic carbocycles. The van der Waals surface area contributed by atoms with E-state index in [-0.39, 0.29) is 54.6 Å². The van der Waals surface area contributed by atoms with Crippen LogP contribution in [0.2, 0.25) is 18.6 Å². The van der Waals surface area contributed by atoms with Gasteiger partial charge in [-0.05, 0) is 78.7 Å². The average molecular weight is 640 g/mol. The van der Waals surface area contributed by atoms with Crippen molar-refractivity contribution in [1.29, 1.82) is 0 Å². The van der Waals surface area contributed by atoms with E-state index < -0.39 is 8.32 Å². The van der Waals surface area contributed by atoms with E-state index in [0.29, 0.717) is 19.4 Å². The van der Waals surface area contributed by atoms with Crippen LogP contribution in [-0.2, 0) is 40.1 Å². The van der Waals surface area contributed by atoms with Crippen LogP contribution in [-0.4, -0.2) is 64.8 Å². The molecule has 2 amide bonds. The second kappa shape index (κ2) is 13.5. The van der Waals surface area contributed by atoms with Crippen LogP contribution in [0.25, 0.3) is 10.9 Å². The number of carbonyl (C=O) groups is 2. The Morgan fingerprint density at radius 1 is 1.00 bits per heavy atom. The number of carbonyl (C=O) groups excluding carboxylic acids is 2. The molecular weight excluding hydrogens is 595 g/mol. The summed E-state index contributed by atoms with van der Waals surface area (Å²) in [6.45, 7) is 6.43. The number of nitrogens with zero attached hydrogens (tertiary/aromatic N) is 1. The number of anilines is 1. The second-order valence-corrected chi connectivity index (χ2v) is 17.6. The molecule has 46 heavy (non-hydrogen) atoms. The molecule has 1 fully saturated rings. The van der Waals surface area contributed by atoms with Crippen molar-refractivity contribution in [1.82, 2.24) is 9.88 Å². The number of H-pyrrole nitrogens is 1. The van der Waals surface area contributed by atoms with Gasteiger partial charge in [0.15, 0.2) is 8.32 Å². The molecule has 0 bridgehead atoms. The lowest BCUT2D eigenvalue weighted by Crippen LogP contribution is -2.48. The summed E-state index contributed by atoms with van der Waals surface area (Å²) in [7, 11) is -2.65. The van der Waals surface area contributed by atoms with Gasteiger partial charge in [-0.1, -0.05) is 61.5 Å². The maximum Gasteiger partial charge on any atom is 0.228 e. The summed E-state index contributed by atoms with van der Waals surface area (Å²) >= 11 is 0. The fraction of sp³-hybridized carbons (Fsp3) is 0.405. The zero-order chi connectivity index (χ0) is 32.4. The molecule has 5 atom stereocenters. The standard InChI is InChI=1S/C37H45N3O5Si/c1-24-33(17-14-25-12-15-29(16-13-25)39-35(42)19-28-21-38-32-11-7-6-10-31(28)32)45-34(37(24)46(2,3)44)20-36(43)40-22-27-9-5-4-8-26(27)18-30(40)23-41/h4-13,15-16,21,24,30,33-34,37-38,41,44H,14,17-20,22-23H2,1-3H3,(H,39,42)/t24-,30-,33+,34-,37+/m0/s1. The fourth-order valence-corrected chi connectivity index (χ4v) is 10.3. The molecule has 4 N–H and O–H groups in total. The minimum Gasteiger partial charge on any atom is -0.432 e. The zero-order valence-electron chi connectivity index (χ0n) is 26.9. The molecule has 6 rings (SSSR count). The summed E-state index contributed by atoms with van der Waals surface area (Å²) in [5.74, 6) is 0.0208. The van der Waals surface area contributed by atoms with Crippen molar-refractivity contribution in [3.8, 4) is 0 Å². The highest BCUT2D eigenvalue weighted by atomic mass is 28.4. The Hall–Kier alpha value is -3.76. The molecule has 242 valence electrons. The number of rotatable bonds is 10. The molecule has 2 aliphatic heterocycles. The van der Waals surface area contributed by atoms with Crippen molar-refractivity contribution in [2.45, 2.75) is 82.5 Å². The Morgan fingerprint density at radius 2 is 1.72 bits per heavy atom. The number of nitrogens with one attached hydrogen (secondary N) is 2. The normalized spacial score (nSPS) is 23.0. The molecule has 0 radical (unpaired) electrons. The number of para-hydroxylation sites is 1. The van der Waals surface area contributed by atoms with Gasteiger partial charge < -0.3 is 29.8 Å². The van der Waals surface area contributed by atoms with E-state index in [1.54, 1.807) is 4.90 Å². The van der Waals surface area contributed by atoms with Crippen molar-refractivity contribution in [3.63, 3.8) is 0 Å². The smallest absolute Gasteiger partial charge is 0.228 e. The number of aromatic amines is 1. The van der Waals surface area contributed by atoms with Gasteiger partial charge in [0, 0.05) is 34.9 Å². The zero-order valence-corrected chi connectivity index (χ0v) is 27.9. The van der Waals surface area contributed by atoms with E-state index in [0.717, 1.165) is 46.1 Å². The molecule has 1 aromatic heterocycles. The highest BCUT2D eigenvalue weighted by Crippen LogP contribution is 2.46. The molecule has 0 aliphatic carbocycles. The lowest BCUT2D eigenvalue weighted by molar-refractivity contribution is -0.138. The lowest BCUT2D eigenvalue weighted by atomic mass is 9.93. The summed E-state index contributed by atoms with van der Waals surface area (Å²) in [6, 6.07) is 23.7. The largest absolute Gasteiger partial charge is 0.432 e. The molecule has 0 unspecified atom stereocenters. The van der Waals surface area contributed by atoms with Crippen molar-refractivity contribution in [2.75, 3.05) is 11.9 Å². The number of fused-ring (bicyclic) bond motifs is 2. The van der Waals surface area contributed by atoms with Crippen LogP contribution in [0.5, 0.6) is 0 Å². The van der Waals surface area contributed by atoms with Gasteiger partial charge in [-0.2, -0.15) is 0 Å². The van der Waals surface area contributed by atoms with Crippen LogP contribution < -0.4 is 5.32 Å². The maximum absolute atomic E-state index is 13.7. The van der Waals surface area contributed by atoms with Gasteiger partial charge in [-0.15, -0.1) is 0 Å². The number of hydrogen-bond acceptors (Lipinski definition) is 5. The van der Waals surface area contributed by atoms with Gasteiger partial charge in [-0.25, -0.2) is 0 Å². The van der Waals surface area contributed by atoms with Gasteiger partial charge in [0.2, 0.25) is 11.8 Å². The van der Waals surface area contributed by atoms with E-state index in [2.05, 4.69) is 23.3 Å². The van der Waals surface area contributed by atoms with E-state index in [1.807, 2.05) is 86.0 Å². The predicted molar refractivity (Wildman–Crippen MR) is 183 cm³/mol. The Bertz CT molecular complexity index is 1680. The summed E-state index contributed by atoms with van der Waals surface area (Å²) in [4.78, 5) is 42.8. The van der Waals surface area contributed by atoms with Crippen LogP contribution in [0.4, 0.5) is 5.69 Å². The van der Waals surface area contributed by atoms with Crippen LogP contribution >= 0.6 is 0 Å². The molecule has 4 aromatic rings. The van der Waals surface area contributed by atoms with E-state index >= 15 is 0 Å². The third-order valence-electron chi connectivity index (χ3n) is 9.96. The fourth-order valence-electron chi connectivity index (χ4n) is 7.66. The van der Waals surface area contributed by atoms with Crippen LogP contribution in [0, 0.1) is 5.92 Å². The molecule has 2 aliphatic rings. The number of amides is 2. The summed E-state index contributed by atoms with van der Waals surface area (Å²) in [5, 5.41) is 14.2. The van der Waals surface area contributed by atoms with Crippen molar-refractivity contribution in [2.24, 2.45) is 5.92 Å². The lowest BCUT2D eigenvalue weighted by Gasteiger charge is -2.37. The predicted octanol–water partition coefficient (Wildman–Crippen LogP) is 5.59. The van der Waals surface area contributed by atoms with Gasteiger partial charge in [0.25, 0.3) is 0 Å². The number of aliphatic hydroxyl groups is 1. The summed E-state index contributed by atoms with van der Waals surface area (Å²) in [6.07, 6.45) is 4.16. The number of aliphatic hydroxyl groups excluding tert-OH is 1. The number of aryl methyl sites for hydroxylation is 1. The Morgan fingerprint density at radius 3 is 2.46 bits per heavy atom. The van der Waals surface area contributed by atoms with E-state index in [9.17, 15) is 19.5 Å². The SMILES string of the molecule is C[C@@H]1[C@@H]([Si](C)(C)O)[C@H](CC(=O)N2Cc3ccccc3C[C@H]2CO)O[C@@H]1CCc1ccc(NC(=O)Cc2c[nH]c3ccccc23)cc1. The molecular formula is C37H45N3O5Si. The molecule has 3 heterocycles. The highest BCUT2D eigenvalue weighted by molar-refractivity contribution is 6.71. The van der Waals surface area contributed by atoms with Crippen molar-refractivity contribution < 1.29 is 24.2 Å². The van der Waals surface area contributed by atoms with Crippen molar-refractivity contribution >= 4 is 36.7 Å². The number of ether oxygens (including phenoxy) is 1. The summed E-state index contributed by atoms with van der Waals surface area (Å²) < 4.78 is 6.60. The monoisotopic (exact) mass is 639 g/mol. The van der Waals surface area contributed by atoms with Crippen LogP contribution in [0.3, 0.4) is 0 Å². The average Bonchev–Trinajstić information content (AvgIpc) is 3.59. The van der Waals surface area contributed by atoms with E-state index in [1.165, 1.54) is 5.56 Å². The number of benzene rings is 3. The van der Waals surface area contributed by atoms with Gasteiger partial charge in [0.05, 0.1) is 37.7 Å². The molecule has 1 saturated heterocycles. The first kappa shape index (κ1) is 32.2. The molecule has 8 nitrogen and oxygen atoms in total. The van der Waals surface area contributed by atoms with Crippen LogP contribution in [0.1, 0.15) is 42.0 Å². The van der Waals surface area contributed by atoms with Crippen molar-refractivity contribution in [3.05, 3.63) is 101 Å². The van der Waals surface area contributed by atoms with Gasteiger partial charge in [-0.3, -0.25) is 9.59 Å². The first-order valence-corrected chi connectivity index (χ1v) is 19.4. The second-order valence-electron chi connectivity index (χ2n) is 13.6.